The zero-order chi connectivity index (χ0) is 18.5. The van der Waals surface area contributed by atoms with E-state index in [1.807, 2.05) is 55.8 Å². The van der Waals surface area contributed by atoms with E-state index in [4.69, 9.17) is 4.42 Å². The molecule has 3 rings (SSSR count). The molecule has 0 atom stereocenters. The first kappa shape index (κ1) is 17.8. The van der Waals surface area contributed by atoms with E-state index < -0.39 is 0 Å². The van der Waals surface area contributed by atoms with Gasteiger partial charge in [-0.05, 0) is 39.3 Å². The topological polar surface area (TPSA) is 85.8 Å². The number of hydrogen-bond donors (Lipinski definition) is 1. The predicted molar refractivity (Wildman–Crippen MR) is 97.5 cm³/mol. The van der Waals surface area contributed by atoms with Gasteiger partial charge in [0.15, 0.2) is 0 Å². The number of nitrogens with one attached hydrogen (secondary N) is 1. The Kier molecular flexibility index (Phi) is 5.46. The fourth-order valence-electron chi connectivity index (χ4n) is 2.74. The molecule has 1 aromatic carbocycles. The highest BCUT2D eigenvalue weighted by atomic mass is 16.4. The lowest BCUT2D eigenvalue weighted by Gasteiger charge is -2.05. The fourth-order valence-corrected chi connectivity index (χ4v) is 2.74. The minimum Gasteiger partial charge on any atom is -0.441 e. The van der Waals surface area contributed by atoms with E-state index in [2.05, 4.69) is 20.4 Å². The van der Waals surface area contributed by atoms with Gasteiger partial charge in [0.05, 0.1) is 12.1 Å². The Bertz CT molecular complexity index is 883. The summed E-state index contributed by atoms with van der Waals surface area (Å²) in [6, 6.07) is 9.67. The molecule has 0 aliphatic heterocycles. The van der Waals surface area contributed by atoms with Gasteiger partial charge in [0.25, 0.3) is 0 Å². The van der Waals surface area contributed by atoms with Gasteiger partial charge in [-0.3, -0.25) is 9.48 Å². The normalized spacial score (nSPS) is 10.9. The van der Waals surface area contributed by atoms with Crippen molar-refractivity contribution in [2.75, 3.05) is 6.54 Å². The highest BCUT2D eigenvalue weighted by molar-refractivity contribution is 5.78. The van der Waals surface area contributed by atoms with Crippen molar-refractivity contribution in [1.29, 1.82) is 0 Å². The number of rotatable bonds is 7. The van der Waals surface area contributed by atoms with Gasteiger partial charge in [0.2, 0.25) is 11.8 Å². The molecule has 0 unspecified atom stereocenters. The second-order valence-electron chi connectivity index (χ2n) is 6.20. The van der Waals surface area contributed by atoms with Crippen LogP contribution in [0.2, 0.25) is 0 Å². The minimum absolute atomic E-state index is 0.0625. The van der Waals surface area contributed by atoms with Crippen LogP contribution >= 0.6 is 0 Å². The number of oxazole rings is 1. The summed E-state index contributed by atoms with van der Waals surface area (Å²) in [7, 11) is 0. The Morgan fingerprint density at radius 3 is 2.62 bits per heavy atom. The van der Waals surface area contributed by atoms with Crippen LogP contribution in [0.15, 0.2) is 34.7 Å². The molecule has 136 valence electrons. The number of aryl methyl sites for hydroxylation is 4. The molecule has 1 amide bonds. The fraction of sp³-hybridized carbons (Fsp3) is 0.368. The van der Waals surface area contributed by atoms with Gasteiger partial charge in [-0.15, -0.1) is 0 Å². The highest BCUT2D eigenvalue weighted by Gasteiger charge is 2.14. The maximum absolute atomic E-state index is 12.2. The molecule has 26 heavy (non-hydrogen) atoms. The molecular weight excluding hydrogens is 330 g/mol. The van der Waals surface area contributed by atoms with Crippen molar-refractivity contribution in [3.63, 3.8) is 0 Å². The third kappa shape index (κ3) is 4.36. The van der Waals surface area contributed by atoms with Crippen molar-refractivity contribution in [3.05, 3.63) is 53.4 Å². The first-order chi connectivity index (χ1) is 12.5. The van der Waals surface area contributed by atoms with Gasteiger partial charge in [-0.1, -0.05) is 18.2 Å². The van der Waals surface area contributed by atoms with Crippen molar-refractivity contribution in [3.8, 4) is 11.5 Å². The Hall–Kier alpha value is -2.96. The third-order valence-electron chi connectivity index (χ3n) is 4.07. The van der Waals surface area contributed by atoms with Crippen LogP contribution in [0.3, 0.4) is 0 Å². The van der Waals surface area contributed by atoms with Crippen LogP contribution in [0.4, 0.5) is 0 Å². The maximum Gasteiger partial charge on any atom is 0.226 e. The SMILES string of the molecule is Cc1nc(C)n(CCCNC(=O)Cc2nc(-c3ccccc3)oc2C)n1. The summed E-state index contributed by atoms with van der Waals surface area (Å²) in [5.74, 6) is 2.81. The summed E-state index contributed by atoms with van der Waals surface area (Å²) >= 11 is 0. The van der Waals surface area contributed by atoms with E-state index >= 15 is 0 Å². The predicted octanol–water partition coefficient (Wildman–Crippen LogP) is 2.61. The Labute approximate surface area is 152 Å². The highest BCUT2D eigenvalue weighted by Crippen LogP contribution is 2.21. The van der Waals surface area contributed by atoms with Crippen molar-refractivity contribution >= 4 is 5.91 Å². The van der Waals surface area contributed by atoms with Crippen molar-refractivity contribution in [1.82, 2.24) is 25.1 Å². The number of aromatic nitrogens is 4. The molecule has 0 fully saturated rings. The van der Waals surface area contributed by atoms with Crippen molar-refractivity contribution < 1.29 is 9.21 Å². The maximum atomic E-state index is 12.2. The van der Waals surface area contributed by atoms with E-state index in [1.165, 1.54) is 0 Å². The molecule has 1 N–H and O–H groups in total. The molecule has 0 aliphatic rings. The number of nitrogens with zero attached hydrogens (tertiary/aromatic N) is 4. The van der Waals surface area contributed by atoms with E-state index in [1.54, 1.807) is 0 Å². The largest absolute Gasteiger partial charge is 0.441 e. The van der Waals surface area contributed by atoms with Crippen LogP contribution in [-0.2, 0) is 17.8 Å². The molecule has 3 aromatic rings. The summed E-state index contributed by atoms with van der Waals surface area (Å²) in [6.07, 6.45) is 1.01. The minimum atomic E-state index is -0.0625. The summed E-state index contributed by atoms with van der Waals surface area (Å²) in [5, 5.41) is 7.23. The molecule has 0 radical (unpaired) electrons. The van der Waals surface area contributed by atoms with Crippen molar-refractivity contribution in [2.45, 2.75) is 40.2 Å². The summed E-state index contributed by atoms with van der Waals surface area (Å²) in [5.41, 5.74) is 1.57. The Morgan fingerprint density at radius 1 is 1.15 bits per heavy atom. The summed E-state index contributed by atoms with van der Waals surface area (Å²) < 4.78 is 7.55. The second kappa shape index (κ2) is 7.95. The van der Waals surface area contributed by atoms with Gasteiger partial charge in [-0.25, -0.2) is 9.97 Å². The first-order valence-corrected chi connectivity index (χ1v) is 8.69. The molecule has 7 nitrogen and oxygen atoms in total. The van der Waals surface area contributed by atoms with E-state index in [-0.39, 0.29) is 12.3 Å². The monoisotopic (exact) mass is 353 g/mol. The van der Waals surface area contributed by atoms with Crippen LogP contribution in [0, 0.1) is 20.8 Å². The molecular formula is C19H23N5O2. The van der Waals surface area contributed by atoms with Gasteiger partial charge >= 0.3 is 0 Å². The van der Waals surface area contributed by atoms with Crippen LogP contribution < -0.4 is 5.32 Å². The average molecular weight is 353 g/mol. The van der Waals surface area contributed by atoms with Crippen LogP contribution in [0.1, 0.15) is 29.5 Å². The molecule has 7 heteroatoms. The summed E-state index contributed by atoms with van der Waals surface area (Å²) in [4.78, 5) is 20.9. The average Bonchev–Trinajstić information content (AvgIpc) is 3.14. The second-order valence-corrected chi connectivity index (χ2v) is 6.20. The summed E-state index contributed by atoms with van der Waals surface area (Å²) in [6.45, 7) is 6.94. The van der Waals surface area contributed by atoms with Crippen LogP contribution in [0.5, 0.6) is 0 Å². The molecule has 0 aliphatic carbocycles. The lowest BCUT2D eigenvalue weighted by molar-refractivity contribution is -0.120. The van der Waals surface area contributed by atoms with Gasteiger partial charge in [0, 0.05) is 18.7 Å². The number of carbonyl (C=O) groups excluding carboxylic acids is 1. The van der Waals surface area contributed by atoms with Crippen molar-refractivity contribution in [2.24, 2.45) is 0 Å². The van der Waals surface area contributed by atoms with E-state index in [9.17, 15) is 4.79 Å². The standard InChI is InChI=1S/C19H23N5O2/c1-13-17(22-19(26-13)16-8-5-4-6-9-16)12-18(25)20-10-7-11-24-15(3)21-14(2)23-24/h4-6,8-9H,7,10-12H2,1-3H3,(H,20,25). The lowest BCUT2D eigenvalue weighted by Crippen LogP contribution is -2.27. The molecule has 2 aromatic heterocycles. The molecule has 0 saturated heterocycles. The van der Waals surface area contributed by atoms with Gasteiger partial charge < -0.3 is 9.73 Å². The van der Waals surface area contributed by atoms with E-state index in [0.717, 1.165) is 30.2 Å². The van der Waals surface area contributed by atoms with Crippen LogP contribution in [-0.4, -0.2) is 32.2 Å². The number of benzene rings is 1. The van der Waals surface area contributed by atoms with Gasteiger partial charge in [-0.2, -0.15) is 5.10 Å². The zero-order valence-corrected chi connectivity index (χ0v) is 15.3. The molecule has 2 heterocycles. The quantitative estimate of drug-likeness (QED) is 0.660. The zero-order valence-electron chi connectivity index (χ0n) is 15.3. The Balaban J connectivity index is 1.49. The lowest BCUT2D eigenvalue weighted by atomic mass is 10.2. The number of amides is 1. The molecule has 0 saturated carbocycles. The Morgan fingerprint density at radius 2 is 1.92 bits per heavy atom. The molecule has 0 spiro atoms. The first-order valence-electron chi connectivity index (χ1n) is 8.69. The third-order valence-corrected chi connectivity index (χ3v) is 4.07. The van der Waals surface area contributed by atoms with E-state index in [0.29, 0.717) is 23.9 Å². The number of hydrogen-bond acceptors (Lipinski definition) is 5. The smallest absolute Gasteiger partial charge is 0.226 e. The molecule has 0 bridgehead atoms. The van der Waals surface area contributed by atoms with Crippen LogP contribution in [0.25, 0.3) is 11.5 Å². The number of carbonyl (C=O) groups is 1. The van der Waals surface area contributed by atoms with Gasteiger partial charge in [0.1, 0.15) is 17.4 Å².